The highest BCUT2D eigenvalue weighted by Crippen LogP contribution is 2.34. The van der Waals surface area contributed by atoms with Crippen LogP contribution in [0, 0.1) is 13.8 Å². The van der Waals surface area contributed by atoms with Crippen LogP contribution in [0.15, 0.2) is 48.5 Å². The summed E-state index contributed by atoms with van der Waals surface area (Å²) >= 11 is 0. The molecule has 0 aromatic heterocycles. The van der Waals surface area contributed by atoms with Crippen molar-refractivity contribution >= 4 is 11.9 Å². The van der Waals surface area contributed by atoms with Crippen molar-refractivity contribution in [1.29, 1.82) is 0 Å². The molecule has 0 unspecified atom stereocenters. The second-order valence-electron chi connectivity index (χ2n) is 13.1. The Morgan fingerprint density at radius 1 is 0.540 bits per heavy atom. The first-order valence-electron chi connectivity index (χ1n) is 18.6. The van der Waals surface area contributed by atoms with E-state index < -0.39 is 24.1 Å². The maximum atomic E-state index is 13.9. The summed E-state index contributed by atoms with van der Waals surface area (Å²) in [5.74, 6) is 1.36. The maximum Gasteiger partial charge on any atom is 0.338 e. The third kappa shape index (κ3) is 10.6. The molecule has 0 N–H and O–H groups in total. The second-order valence-corrected chi connectivity index (χ2v) is 13.1. The lowest BCUT2D eigenvalue weighted by Gasteiger charge is -2.32. The van der Waals surface area contributed by atoms with Gasteiger partial charge in [-0.3, -0.25) is 0 Å². The molecule has 3 aromatic rings. The van der Waals surface area contributed by atoms with Crippen LogP contribution in [0.25, 0.3) is 0 Å². The van der Waals surface area contributed by atoms with Gasteiger partial charge in [-0.2, -0.15) is 0 Å². The van der Waals surface area contributed by atoms with Crippen molar-refractivity contribution in [1.82, 2.24) is 0 Å². The van der Waals surface area contributed by atoms with Gasteiger partial charge in [0.25, 0.3) is 0 Å². The zero-order chi connectivity index (χ0) is 35.9. The van der Waals surface area contributed by atoms with E-state index in [1.165, 1.54) is 0 Å². The molecule has 0 spiro atoms. The fourth-order valence-electron chi connectivity index (χ4n) is 5.76. The minimum atomic E-state index is -0.706. The molecule has 0 saturated heterocycles. The van der Waals surface area contributed by atoms with E-state index in [0.717, 1.165) is 73.6 Å². The number of unbranched alkanes of at least 4 members (excludes halogenated alkanes) is 4. The van der Waals surface area contributed by atoms with Gasteiger partial charge in [-0.05, 0) is 74.9 Å². The minimum absolute atomic E-state index is 0.332. The van der Waals surface area contributed by atoms with Crippen LogP contribution >= 0.6 is 0 Å². The highest BCUT2D eigenvalue weighted by Gasteiger charge is 2.35. The molecule has 3 aromatic carbocycles. The molecule has 1 aliphatic rings. The van der Waals surface area contributed by atoms with Gasteiger partial charge in [0.2, 0.25) is 0 Å². The van der Waals surface area contributed by atoms with Crippen molar-refractivity contribution < 1.29 is 38.0 Å². The lowest BCUT2D eigenvalue weighted by atomic mass is 9.87. The summed E-state index contributed by atoms with van der Waals surface area (Å²) in [6.07, 6.45) is 6.97. The maximum absolute atomic E-state index is 13.9. The average molecular weight is 689 g/mol. The number of esters is 2. The van der Waals surface area contributed by atoms with E-state index in [2.05, 4.69) is 27.7 Å². The van der Waals surface area contributed by atoms with Gasteiger partial charge in [0.05, 0.1) is 37.6 Å². The summed E-state index contributed by atoms with van der Waals surface area (Å²) < 4.78 is 36.8. The van der Waals surface area contributed by atoms with Crippen molar-refractivity contribution in [2.24, 2.45) is 0 Å². The van der Waals surface area contributed by atoms with E-state index in [9.17, 15) is 9.59 Å². The predicted octanol–water partition coefficient (Wildman–Crippen LogP) is 9.57. The van der Waals surface area contributed by atoms with Gasteiger partial charge < -0.3 is 28.4 Å². The van der Waals surface area contributed by atoms with E-state index >= 15 is 0 Å². The molecule has 2 atom stereocenters. The van der Waals surface area contributed by atoms with Gasteiger partial charge in [-0.25, -0.2) is 9.59 Å². The minimum Gasteiger partial charge on any atom is -0.493 e. The van der Waals surface area contributed by atoms with Crippen LogP contribution in [-0.4, -0.2) is 50.6 Å². The fourth-order valence-corrected chi connectivity index (χ4v) is 5.76. The molecular weight excluding hydrogens is 632 g/mol. The molecule has 0 bridgehead atoms. The van der Waals surface area contributed by atoms with Gasteiger partial charge in [-0.1, -0.05) is 77.6 Å². The van der Waals surface area contributed by atoms with Crippen LogP contribution < -0.4 is 18.9 Å². The van der Waals surface area contributed by atoms with Gasteiger partial charge in [-0.15, -0.1) is 0 Å². The summed E-state index contributed by atoms with van der Waals surface area (Å²) in [4.78, 5) is 27.7. The molecule has 0 radical (unpaired) electrons. The number of fused-ring (bicyclic) bond motifs is 1. The largest absolute Gasteiger partial charge is 0.493 e. The van der Waals surface area contributed by atoms with Crippen molar-refractivity contribution in [2.75, 3.05) is 26.4 Å². The SMILES string of the molecule is CCCCOc1cc(C(=O)O[C@H]2Cc3ccccc3C[C@H]2OC(=O)c2cc(OCCCC)c(C)c(OCCCC)c2)cc(OCCCC)c1C. The van der Waals surface area contributed by atoms with Crippen molar-refractivity contribution in [3.05, 3.63) is 81.9 Å². The van der Waals surface area contributed by atoms with Gasteiger partial charge in [0.15, 0.2) is 0 Å². The number of rotatable bonds is 20. The number of ether oxygens (including phenoxy) is 6. The average Bonchev–Trinajstić information content (AvgIpc) is 3.11. The number of hydrogen-bond acceptors (Lipinski definition) is 8. The first kappa shape index (κ1) is 38.6. The van der Waals surface area contributed by atoms with Crippen LogP contribution in [-0.2, 0) is 22.3 Å². The third-order valence-electron chi connectivity index (χ3n) is 9.01. The monoisotopic (exact) mass is 688 g/mol. The predicted molar refractivity (Wildman–Crippen MR) is 196 cm³/mol. The molecule has 272 valence electrons. The van der Waals surface area contributed by atoms with Crippen LogP contribution in [0.2, 0.25) is 0 Å². The topological polar surface area (TPSA) is 89.5 Å². The Morgan fingerprint density at radius 2 is 0.840 bits per heavy atom. The zero-order valence-electron chi connectivity index (χ0n) is 30.9. The molecule has 1 aliphatic carbocycles. The standard InChI is InChI=1S/C42H56O8/c1-7-11-19-45-35-25-33(26-36(29(35)5)46-20-12-8-2)41(43)49-39-23-31-17-15-16-18-32(31)24-40(39)50-42(44)34-27-37(47-21-13-9-3)30(6)38(28-34)48-22-14-10-4/h15-18,25-28,39-40H,7-14,19-24H2,1-6H3/t39-,40+. The van der Waals surface area contributed by atoms with Crippen LogP contribution in [0.3, 0.4) is 0 Å². The fraction of sp³-hybridized carbons (Fsp3) is 0.524. The Bertz CT molecular complexity index is 1370. The lowest BCUT2D eigenvalue weighted by Crippen LogP contribution is -2.41. The molecular formula is C42H56O8. The summed E-state index contributed by atoms with van der Waals surface area (Å²) in [6, 6.07) is 14.9. The normalized spacial score (nSPS) is 15.2. The smallest absolute Gasteiger partial charge is 0.338 e. The van der Waals surface area contributed by atoms with Crippen molar-refractivity contribution in [2.45, 2.75) is 118 Å². The molecule has 0 amide bonds. The molecule has 8 heteroatoms. The Labute approximate surface area is 298 Å². The third-order valence-corrected chi connectivity index (χ3v) is 9.01. The highest BCUT2D eigenvalue weighted by molar-refractivity contribution is 5.92. The molecule has 0 heterocycles. The zero-order valence-corrected chi connectivity index (χ0v) is 30.9. The number of carbonyl (C=O) groups is 2. The van der Waals surface area contributed by atoms with Crippen molar-refractivity contribution in [3.8, 4) is 23.0 Å². The quantitative estimate of drug-likeness (QED) is 0.0857. The summed E-state index contributed by atoms with van der Waals surface area (Å²) in [5, 5.41) is 0. The Hall–Kier alpha value is -4.20. The number of benzene rings is 3. The van der Waals surface area contributed by atoms with Gasteiger partial charge in [0.1, 0.15) is 35.2 Å². The van der Waals surface area contributed by atoms with Gasteiger partial charge >= 0.3 is 11.9 Å². The molecule has 0 fully saturated rings. The summed E-state index contributed by atoms with van der Waals surface area (Å²) in [5.41, 5.74) is 4.48. The Balaban J connectivity index is 1.61. The first-order chi connectivity index (χ1) is 24.3. The number of carbonyl (C=O) groups excluding carboxylic acids is 2. The molecule has 4 rings (SSSR count). The number of hydrogen-bond donors (Lipinski definition) is 0. The van der Waals surface area contributed by atoms with E-state index in [1.54, 1.807) is 24.3 Å². The van der Waals surface area contributed by atoms with E-state index in [-0.39, 0.29) is 0 Å². The molecule has 0 saturated carbocycles. The Morgan fingerprint density at radius 3 is 1.12 bits per heavy atom. The van der Waals surface area contributed by atoms with Crippen molar-refractivity contribution in [3.63, 3.8) is 0 Å². The molecule has 0 aliphatic heterocycles. The Kier molecular flexibility index (Phi) is 15.3. The second kappa shape index (κ2) is 19.9. The van der Waals surface area contributed by atoms with E-state index in [0.29, 0.717) is 73.4 Å². The van der Waals surface area contributed by atoms with Crippen LogP contribution in [0.1, 0.15) is 122 Å². The van der Waals surface area contributed by atoms with E-state index in [4.69, 9.17) is 28.4 Å². The first-order valence-corrected chi connectivity index (χ1v) is 18.6. The van der Waals surface area contributed by atoms with Crippen LogP contribution in [0.4, 0.5) is 0 Å². The molecule has 8 nitrogen and oxygen atoms in total. The lowest BCUT2D eigenvalue weighted by molar-refractivity contribution is -0.0389. The molecule has 50 heavy (non-hydrogen) atoms. The summed E-state index contributed by atoms with van der Waals surface area (Å²) in [7, 11) is 0. The van der Waals surface area contributed by atoms with Gasteiger partial charge in [0, 0.05) is 24.0 Å². The summed E-state index contributed by atoms with van der Waals surface area (Å²) in [6.45, 7) is 14.5. The van der Waals surface area contributed by atoms with E-state index in [1.807, 2.05) is 38.1 Å². The van der Waals surface area contributed by atoms with Crippen LogP contribution in [0.5, 0.6) is 23.0 Å². The highest BCUT2D eigenvalue weighted by atomic mass is 16.6.